The van der Waals surface area contributed by atoms with Crippen LogP contribution in [-0.2, 0) is 9.59 Å². The van der Waals surface area contributed by atoms with Gasteiger partial charge in [0, 0.05) is 17.0 Å². The summed E-state index contributed by atoms with van der Waals surface area (Å²) in [6.45, 7) is 0. The fraction of sp³-hybridized carbons (Fsp3) is 0.500. The fourth-order valence-electron chi connectivity index (χ4n) is 3.25. The molecule has 2 N–H and O–H groups in total. The van der Waals surface area contributed by atoms with Crippen LogP contribution in [0.3, 0.4) is 0 Å². The molecule has 0 saturated heterocycles. The summed E-state index contributed by atoms with van der Waals surface area (Å²) in [6.07, 6.45) is 2.78. The van der Waals surface area contributed by atoms with Crippen molar-refractivity contribution in [3.63, 3.8) is 0 Å². The molecule has 4 atom stereocenters. The van der Waals surface area contributed by atoms with Gasteiger partial charge in [-0.2, -0.15) is 0 Å². The number of hydrogen-bond donors (Lipinski definition) is 2. The molecule has 2 aliphatic carbocycles. The molecule has 0 aromatic heterocycles. The smallest absolute Gasteiger partial charge is 0.306 e. The zero-order chi connectivity index (χ0) is 15.0. The molecule has 0 heterocycles. The lowest BCUT2D eigenvalue weighted by Gasteiger charge is -2.12. The number of carboxylic acid groups (broad SMARTS) is 1. The lowest BCUT2D eigenvalue weighted by atomic mass is 10.1. The van der Waals surface area contributed by atoms with Crippen LogP contribution in [0.15, 0.2) is 24.3 Å². The highest BCUT2D eigenvalue weighted by atomic mass is 35.5. The van der Waals surface area contributed by atoms with Crippen LogP contribution >= 0.6 is 11.6 Å². The Labute approximate surface area is 128 Å². The summed E-state index contributed by atoms with van der Waals surface area (Å²) >= 11 is 6.16. The summed E-state index contributed by atoms with van der Waals surface area (Å²) < 4.78 is 0. The Morgan fingerprint density at radius 2 is 1.95 bits per heavy atom. The molecule has 1 aromatic rings. The van der Waals surface area contributed by atoms with Gasteiger partial charge in [0.05, 0.1) is 5.92 Å². The molecule has 0 unspecified atom stereocenters. The van der Waals surface area contributed by atoms with Crippen molar-refractivity contribution >= 4 is 23.5 Å². The maximum absolute atomic E-state index is 12.2. The van der Waals surface area contributed by atoms with Crippen LogP contribution in [0.2, 0.25) is 5.02 Å². The van der Waals surface area contributed by atoms with Gasteiger partial charge in [0.15, 0.2) is 0 Å². The van der Waals surface area contributed by atoms with Crippen molar-refractivity contribution in [1.82, 2.24) is 5.32 Å². The number of carboxylic acids is 1. The molecule has 2 fully saturated rings. The predicted molar refractivity (Wildman–Crippen MR) is 79.2 cm³/mol. The lowest BCUT2D eigenvalue weighted by molar-refractivity contribution is -0.141. The first-order chi connectivity index (χ1) is 10.1. The average molecular weight is 308 g/mol. The molecule has 2 aliphatic rings. The molecule has 0 aliphatic heterocycles. The number of rotatable bonds is 4. The van der Waals surface area contributed by atoms with Gasteiger partial charge in [-0.15, -0.1) is 0 Å². The van der Waals surface area contributed by atoms with Gasteiger partial charge in [-0.1, -0.05) is 29.8 Å². The third-order valence-electron chi connectivity index (χ3n) is 4.56. The van der Waals surface area contributed by atoms with Crippen molar-refractivity contribution < 1.29 is 14.7 Å². The van der Waals surface area contributed by atoms with Gasteiger partial charge in [-0.25, -0.2) is 0 Å². The normalized spacial score (nSPS) is 30.9. The van der Waals surface area contributed by atoms with E-state index in [0.717, 1.165) is 18.4 Å². The van der Waals surface area contributed by atoms with E-state index in [2.05, 4.69) is 5.32 Å². The number of amides is 1. The van der Waals surface area contributed by atoms with Crippen molar-refractivity contribution in [1.29, 1.82) is 0 Å². The Morgan fingerprint density at radius 1 is 1.19 bits per heavy atom. The topological polar surface area (TPSA) is 66.4 Å². The Morgan fingerprint density at radius 3 is 2.62 bits per heavy atom. The van der Waals surface area contributed by atoms with Crippen molar-refractivity contribution in [3.8, 4) is 0 Å². The molecular weight excluding hydrogens is 290 g/mol. The predicted octanol–water partition coefficient (Wildman–Crippen LogP) is 2.81. The van der Waals surface area contributed by atoms with Gasteiger partial charge < -0.3 is 10.4 Å². The lowest BCUT2D eigenvalue weighted by Crippen LogP contribution is -2.34. The maximum atomic E-state index is 12.2. The third kappa shape index (κ3) is 3.05. The quantitative estimate of drug-likeness (QED) is 0.899. The Kier molecular flexibility index (Phi) is 3.89. The number of carbonyl (C=O) groups is 2. The van der Waals surface area contributed by atoms with Crippen LogP contribution in [0.25, 0.3) is 0 Å². The monoisotopic (exact) mass is 307 g/mol. The molecule has 0 radical (unpaired) electrons. The van der Waals surface area contributed by atoms with Gasteiger partial charge in [-0.05, 0) is 43.2 Å². The summed E-state index contributed by atoms with van der Waals surface area (Å²) in [5.74, 6) is -0.846. The second-order valence-corrected chi connectivity index (χ2v) is 6.43. The molecule has 112 valence electrons. The van der Waals surface area contributed by atoms with Crippen LogP contribution in [0.4, 0.5) is 0 Å². The van der Waals surface area contributed by atoms with Gasteiger partial charge in [-0.3, -0.25) is 9.59 Å². The van der Waals surface area contributed by atoms with Gasteiger partial charge in [0.2, 0.25) is 5.91 Å². The minimum absolute atomic E-state index is 0.00564. The number of halogens is 1. The Hall–Kier alpha value is -1.55. The van der Waals surface area contributed by atoms with Crippen LogP contribution in [0.1, 0.15) is 37.2 Å². The van der Waals surface area contributed by atoms with Crippen molar-refractivity contribution in [2.24, 2.45) is 11.8 Å². The summed E-state index contributed by atoms with van der Waals surface area (Å²) in [6, 6.07) is 7.64. The highest BCUT2D eigenvalue weighted by Crippen LogP contribution is 2.49. The van der Waals surface area contributed by atoms with Gasteiger partial charge in [0.1, 0.15) is 0 Å². The minimum atomic E-state index is -0.757. The molecule has 1 aromatic carbocycles. The highest BCUT2D eigenvalue weighted by molar-refractivity contribution is 6.31. The molecule has 0 spiro atoms. The molecule has 21 heavy (non-hydrogen) atoms. The van der Waals surface area contributed by atoms with E-state index in [1.165, 1.54) is 0 Å². The second-order valence-electron chi connectivity index (χ2n) is 6.02. The summed E-state index contributed by atoms with van der Waals surface area (Å²) in [7, 11) is 0. The zero-order valence-corrected chi connectivity index (χ0v) is 12.3. The highest BCUT2D eigenvalue weighted by Gasteiger charge is 2.45. The molecule has 5 heteroatoms. The Bertz CT molecular complexity index is 574. The number of nitrogens with one attached hydrogen (secondary N) is 1. The molecule has 4 nitrogen and oxygen atoms in total. The first-order valence-electron chi connectivity index (χ1n) is 7.34. The average Bonchev–Trinajstić information content (AvgIpc) is 3.11. The van der Waals surface area contributed by atoms with Gasteiger partial charge in [0.25, 0.3) is 0 Å². The fourth-order valence-corrected chi connectivity index (χ4v) is 3.53. The van der Waals surface area contributed by atoms with Crippen molar-refractivity contribution in [2.45, 2.75) is 37.6 Å². The SMILES string of the molecule is O=C(O)[C@@H]1CC[C@H](NC(=O)[C@H]2C[C@H]2c2ccccc2Cl)C1. The van der Waals surface area contributed by atoms with Crippen molar-refractivity contribution in [2.75, 3.05) is 0 Å². The first-order valence-corrected chi connectivity index (χ1v) is 7.71. The molecule has 3 rings (SSSR count). The number of benzene rings is 1. The number of carbonyl (C=O) groups excluding carboxylic acids is 1. The van der Waals surface area contributed by atoms with E-state index in [1.54, 1.807) is 0 Å². The van der Waals surface area contributed by atoms with Crippen LogP contribution < -0.4 is 5.32 Å². The zero-order valence-electron chi connectivity index (χ0n) is 11.6. The minimum Gasteiger partial charge on any atom is -0.481 e. The van der Waals surface area contributed by atoms with Crippen LogP contribution in [-0.4, -0.2) is 23.0 Å². The summed E-state index contributed by atoms with van der Waals surface area (Å²) in [5.41, 5.74) is 1.04. The number of aliphatic carboxylic acids is 1. The van der Waals surface area contributed by atoms with E-state index in [1.807, 2.05) is 24.3 Å². The Balaban J connectivity index is 1.54. The van der Waals surface area contributed by atoms with Gasteiger partial charge >= 0.3 is 5.97 Å². The van der Waals surface area contributed by atoms with Crippen molar-refractivity contribution in [3.05, 3.63) is 34.9 Å². The van der Waals surface area contributed by atoms with E-state index in [0.29, 0.717) is 17.9 Å². The van der Waals surface area contributed by atoms with Crippen LogP contribution in [0.5, 0.6) is 0 Å². The molecule has 0 bridgehead atoms. The molecule has 1 amide bonds. The first kappa shape index (κ1) is 14.4. The summed E-state index contributed by atoms with van der Waals surface area (Å²) in [5, 5.41) is 12.7. The van der Waals surface area contributed by atoms with E-state index in [4.69, 9.17) is 16.7 Å². The second kappa shape index (κ2) is 5.68. The maximum Gasteiger partial charge on any atom is 0.306 e. The largest absolute Gasteiger partial charge is 0.481 e. The standard InChI is InChI=1S/C16H18ClNO3/c17-14-4-2-1-3-11(14)12-8-13(12)15(19)18-10-6-5-9(7-10)16(20)21/h1-4,9-10,12-13H,5-8H2,(H,18,19)(H,20,21)/t9-,10+,12+,13+/m1/s1. The third-order valence-corrected chi connectivity index (χ3v) is 4.90. The van der Waals surface area contributed by atoms with E-state index >= 15 is 0 Å². The van der Waals surface area contributed by atoms with E-state index in [9.17, 15) is 9.59 Å². The van der Waals surface area contributed by atoms with E-state index in [-0.39, 0.29) is 29.7 Å². The van der Waals surface area contributed by atoms with E-state index < -0.39 is 5.97 Å². The number of hydrogen-bond acceptors (Lipinski definition) is 2. The molecule has 2 saturated carbocycles. The molecular formula is C16H18ClNO3. The van der Waals surface area contributed by atoms with Crippen LogP contribution in [0, 0.1) is 11.8 Å². The summed E-state index contributed by atoms with van der Waals surface area (Å²) in [4.78, 5) is 23.2.